The zero-order valence-electron chi connectivity index (χ0n) is 10.3. The van der Waals surface area contributed by atoms with Gasteiger partial charge in [-0.2, -0.15) is 5.26 Å². The molecule has 2 atom stereocenters. The normalized spacial score (nSPS) is 14.1. The molecule has 0 radical (unpaired) electrons. The molecule has 1 aromatic rings. The van der Waals surface area contributed by atoms with E-state index in [2.05, 4.69) is 56.4 Å². The van der Waals surface area contributed by atoms with Gasteiger partial charge in [-0.15, -0.1) is 0 Å². The van der Waals surface area contributed by atoms with E-state index >= 15 is 0 Å². The molecule has 0 amide bonds. The third-order valence-electron chi connectivity index (χ3n) is 2.89. The average Bonchev–Trinajstić information content (AvgIpc) is 2.29. The number of nitrogens with zero attached hydrogens (tertiary/aromatic N) is 1. The van der Waals surface area contributed by atoms with Gasteiger partial charge >= 0.3 is 0 Å². The molecule has 0 spiro atoms. The van der Waals surface area contributed by atoms with Gasteiger partial charge in [0.25, 0.3) is 0 Å². The fraction of sp³-hybridized carbons (Fsp3) is 0.500. The number of benzene rings is 1. The molecular weight excluding hydrogens is 196 g/mol. The van der Waals surface area contributed by atoms with E-state index in [4.69, 9.17) is 5.26 Å². The summed E-state index contributed by atoms with van der Waals surface area (Å²) in [5.74, 6) is 0. The highest BCUT2D eigenvalue weighted by Gasteiger charge is 2.10. The van der Waals surface area contributed by atoms with Crippen LogP contribution in [0.5, 0.6) is 0 Å². The van der Waals surface area contributed by atoms with Gasteiger partial charge in [-0.1, -0.05) is 36.8 Å². The number of nitriles is 1. The molecule has 0 aliphatic rings. The van der Waals surface area contributed by atoms with Gasteiger partial charge in [-0.3, -0.25) is 0 Å². The molecule has 2 nitrogen and oxygen atoms in total. The second-order valence-electron chi connectivity index (χ2n) is 4.27. The third kappa shape index (κ3) is 3.67. The molecule has 1 unspecified atom stereocenters. The van der Waals surface area contributed by atoms with E-state index in [0.29, 0.717) is 18.5 Å². The third-order valence-corrected chi connectivity index (χ3v) is 2.89. The van der Waals surface area contributed by atoms with Crippen LogP contribution >= 0.6 is 0 Å². The van der Waals surface area contributed by atoms with Gasteiger partial charge in [0.1, 0.15) is 0 Å². The van der Waals surface area contributed by atoms with Gasteiger partial charge in [-0.05, 0) is 25.8 Å². The molecule has 1 aromatic carbocycles. The number of rotatable bonds is 5. The lowest BCUT2D eigenvalue weighted by Crippen LogP contribution is -2.30. The average molecular weight is 216 g/mol. The van der Waals surface area contributed by atoms with E-state index in [0.717, 1.165) is 6.42 Å². The minimum absolute atomic E-state index is 0.293. The second kappa shape index (κ2) is 6.30. The Hall–Kier alpha value is -1.33. The summed E-state index contributed by atoms with van der Waals surface area (Å²) in [5, 5.41) is 12.2. The van der Waals surface area contributed by atoms with Crippen molar-refractivity contribution in [1.82, 2.24) is 5.32 Å². The molecule has 0 saturated carbocycles. The largest absolute Gasteiger partial charge is 0.306 e. The lowest BCUT2D eigenvalue weighted by atomic mass is 10.0. The topological polar surface area (TPSA) is 35.8 Å². The summed E-state index contributed by atoms with van der Waals surface area (Å²) in [7, 11) is 0. The first kappa shape index (κ1) is 12.7. The first-order chi connectivity index (χ1) is 7.67. The first-order valence-corrected chi connectivity index (χ1v) is 5.87. The molecule has 86 valence electrons. The smallest absolute Gasteiger partial charge is 0.0638 e. The highest BCUT2D eigenvalue weighted by Crippen LogP contribution is 2.15. The maximum atomic E-state index is 8.70. The zero-order valence-corrected chi connectivity index (χ0v) is 10.3. The molecule has 0 aromatic heterocycles. The predicted molar refractivity (Wildman–Crippen MR) is 67.0 cm³/mol. The van der Waals surface area contributed by atoms with Crippen molar-refractivity contribution in [3.8, 4) is 6.07 Å². The van der Waals surface area contributed by atoms with Crippen molar-refractivity contribution in [2.24, 2.45) is 0 Å². The van der Waals surface area contributed by atoms with E-state index in [9.17, 15) is 0 Å². The molecule has 0 heterocycles. The van der Waals surface area contributed by atoms with E-state index in [1.54, 1.807) is 0 Å². The number of aryl methyl sites for hydroxylation is 1. The van der Waals surface area contributed by atoms with Gasteiger partial charge < -0.3 is 5.32 Å². The van der Waals surface area contributed by atoms with Crippen LogP contribution in [0.25, 0.3) is 0 Å². The highest BCUT2D eigenvalue weighted by molar-refractivity contribution is 5.23. The molecule has 0 bridgehead atoms. The molecule has 1 N–H and O–H groups in total. The number of hydrogen-bond acceptors (Lipinski definition) is 2. The monoisotopic (exact) mass is 216 g/mol. The molecule has 0 fully saturated rings. The second-order valence-corrected chi connectivity index (χ2v) is 4.27. The van der Waals surface area contributed by atoms with Crippen molar-refractivity contribution in [3.05, 3.63) is 35.4 Å². The van der Waals surface area contributed by atoms with Crippen molar-refractivity contribution in [3.63, 3.8) is 0 Å². The molecule has 0 aliphatic heterocycles. The van der Waals surface area contributed by atoms with Crippen LogP contribution in [0.3, 0.4) is 0 Å². The van der Waals surface area contributed by atoms with Crippen molar-refractivity contribution in [1.29, 1.82) is 5.26 Å². The quantitative estimate of drug-likeness (QED) is 0.819. The Balaban J connectivity index is 2.60. The Morgan fingerprint density at radius 2 is 1.94 bits per heavy atom. The Bertz CT molecular complexity index is 348. The summed E-state index contributed by atoms with van der Waals surface area (Å²) in [4.78, 5) is 0. The lowest BCUT2D eigenvalue weighted by molar-refractivity contribution is 0.448. The molecule has 16 heavy (non-hydrogen) atoms. The molecule has 0 aliphatic carbocycles. The van der Waals surface area contributed by atoms with E-state index in [1.165, 1.54) is 11.1 Å². The molecule has 1 rings (SSSR count). The minimum Gasteiger partial charge on any atom is -0.306 e. The molecule has 2 heteroatoms. The van der Waals surface area contributed by atoms with Gasteiger partial charge in [0.15, 0.2) is 0 Å². The molecule has 0 saturated heterocycles. The van der Waals surface area contributed by atoms with Crippen LogP contribution in [-0.2, 0) is 0 Å². The van der Waals surface area contributed by atoms with E-state index in [1.807, 2.05) is 0 Å². The summed E-state index contributed by atoms with van der Waals surface area (Å²) in [5.41, 5.74) is 2.56. The predicted octanol–water partition coefficient (Wildman–Crippen LogP) is 3.34. The van der Waals surface area contributed by atoms with Crippen LogP contribution in [-0.4, -0.2) is 6.04 Å². The Kier molecular flexibility index (Phi) is 5.01. The minimum atomic E-state index is 0.293. The van der Waals surface area contributed by atoms with Crippen molar-refractivity contribution in [2.75, 3.05) is 0 Å². The van der Waals surface area contributed by atoms with Crippen LogP contribution in [0, 0.1) is 18.3 Å². The van der Waals surface area contributed by atoms with Crippen LogP contribution in [0.4, 0.5) is 0 Å². The summed E-state index contributed by atoms with van der Waals surface area (Å²) in [6.45, 7) is 6.34. The zero-order chi connectivity index (χ0) is 12.0. The summed E-state index contributed by atoms with van der Waals surface area (Å²) < 4.78 is 0. The summed E-state index contributed by atoms with van der Waals surface area (Å²) in [6, 6.07) is 11.4. The van der Waals surface area contributed by atoms with Crippen LogP contribution < -0.4 is 5.32 Å². The van der Waals surface area contributed by atoms with Crippen molar-refractivity contribution in [2.45, 2.75) is 45.7 Å². The maximum absolute atomic E-state index is 8.70. The van der Waals surface area contributed by atoms with E-state index in [-0.39, 0.29) is 0 Å². The first-order valence-electron chi connectivity index (χ1n) is 5.87. The van der Waals surface area contributed by atoms with Crippen molar-refractivity contribution < 1.29 is 0 Å². The number of nitrogens with one attached hydrogen (secondary N) is 1. The Morgan fingerprint density at radius 1 is 1.31 bits per heavy atom. The lowest BCUT2D eigenvalue weighted by Gasteiger charge is -2.20. The van der Waals surface area contributed by atoms with E-state index < -0.39 is 0 Å². The fourth-order valence-corrected chi connectivity index (χ4v) is 1.74. The maximum Gasteiger partial charge on any atom is 0.0638 e. The Morgan fingerprint density at radius 3 is 2.44 bits per heavy atom. The van der Waals surface area contributed by atoms with Gasteiger partial charge in [0.05, 0.1) is 12.5 Å². The van der Waals surface area contributed by atoms with Gasteiger partial charge in [0.2, 0.25) is 0 Å². The molecular formula is C14H20N2. The standard InChI is InChI=1S/C14H20N2/c1-4-14(9-10-15)16-12(3)13-7-5-11(2)6-8-13/h5-8,12,14,16H,4,9H2,1-3H3/t12-,14?/m1/s1. The van der Waals surface area contributed by atoms with Crippen LogP contribution in [0.15, 0.2) is 24.3 Å². The van der Waals surface area contributed by atoms with Gasteiger partial charge in [0, 0.05) is 12.1 Å². The van der Waals surface area contributed by atoms with Crippen LogP contribution in [0.1, 0.15) is 43.9 Å². The van der Waals surface area contributed by atoms with Gasteiger partial charge in [-0.25, -0.2) is 0 Å². The summed E-state index contributed by atoms with van der Waals surface area (Å²) >= 11 is 0. The highest BCUT2D eigenvalue weighted by atomic mass is 14.9. The fourth-order valence-electron chi connectivity index (χ4n) is 1.74. The number of hydrogen-bond donors (Lipinski definition) is 1. The SMILES string of the molecule is CCC(CC#N)N[C@H](C)c1ccc(C)cc1. The van der Waals surface area contributed by atoms with Crippen LogP contribution in [0.2, 0.25) is 0 Å². The Labute approximate surface area is 98.3 Å². The summed E-state index contributed by atoms with van der Waals surface area (Å²) in [6.07, 6.45) is 1.57. The van der Waals surface area contributed by atoms with Crippen molar-refractivity contribution >= 4 is 0 Å².